The van der Waals surface area contributed by atoms with Gasteiger partial charge in [0, 0.05) is 13.5 Å². The summed E-state index contributed by atoms with van der Waals surface area (Å²) in [6.07, 6.45) is 3.25. The van der Waals surface area contributed by atoms with Gasteiger partial charge in [0.15, 0.2) is 11.6 Å². The minimum atomic E-state index is -1.87. The Hall–Kier alpha value is -3.04. The lowest BCUT2D eigenvalue weighted by atomic mass is 9.85. The molecule has 3 atom stereocenters. The first-order chi connectivity index (χ1) is 13.7. The molecule has 0 bridgehead atoms. The number of fused-ring (bicyclic) bond motifs is 3. The molecule has 4 N–H and O–H groups in total. The van der Waals surface area contributed by atoms with E-state index < -0.39 is 23.3 Å². The van der Waals surface area contributed by atoms with Crippen LogP contribution < -0.4 is 9.88 Å². The van der Waals surface area contributed by atoms with Crippen LogP contribution >= 0.6 is 0 Å². The van der Waals surface area contributed by atoms with E-state index in [0.717, 1.165) is 12.8 Å². The van der Waals surface area contributed by atoms with Gasteiger partial charge >= 0.3 is 5.97 Å². The lowest BCUT2D eigenvalue weighted by Gasteiger charge is -2.41. The summed E-state index contributed by atoms with van der Waals surface area (Å²) < 4.78 is 3.23. The smallest absolute Gasteiger partial charge is 0.346 e. The molecule has 0 radical (unpaired) electrons. The lowest BCUT2D eigenvalue weighted by Crippen LogP contribution is -2.75. The van der Waals surface area contributed by atoms with Crippen LogP contribution in [0.2, 0.25) is 0 Å². The second-order valence-corrected chi connectivity index (χ2v) is 7.79. The topological polar surface area (TPSA) is 124 Å². The molecule has 3 heterocycles. The fourth-order valence-electron chi connectivity index (χ4n) is 3.85. The van der Waals surface area contributed by atoms with Crippen molar-refractivity contribution < 1.29 is 24.7 Å². The van der Waals surface area contributed by atoms with E-state index in [1.54, 1.807) is 6.33 Å². The quantitative estimate of drug-likeness (QED) is 0.465. The van der Waals surface area contributed by atoms with Crippen molar-refractivity contribution >= 4 is 23.0 Å². The largest absolute Gasteiger partial charge is 0.478 e. The normalized spacial score (nSPS) is 26.1. The molecule has 0 saturated carbocycles. The molecule has 1 aromatic carbocycles. The first-order valence-electron chi connectivity index (χ1n) is 9.47. The van der Waals surface area contributed by atoms with E-state index in [9.17, 15) is 20.1 Å². The second-order valence-electron chi connectivity index (χ2n) is 7.79. The molecule has 152 valence electrons. The number of aliphatic hydroxyl groups excluding tert-OH is 1. The highest BCUT2D eigenvalue weighted by atomic mass is 16.4. The SMILES string of the molecule is C[C@]1(C(=O)O)Nc2c3ncn(CCCc4ccccc4)c3nc[n+]2[C@](C)(O)[C@@H]1O. The summed E-state index contributed by atoms with van der Waals surface area (Å²) in [6.45, 7) is 3.38. The average molecular weight is 398 g/mol. The number of aryl methyl sites for hydroxylation is 2. The van der Waals surface area contributed by atoms with E-state index in [-0.39, 0.29) is 0 Å². The molecule has 0 unspecified atom stereocenters. The Kier molecular flexibility index (Phi) is 4.51. The Morgan fingerprint density at radius 2 is 2.00 bits per heavy atom. The third kappa shape index (κ3) is 3.02. The van der Waals surface area contributed by atoms with E-state index in [0.29, 0.717) is 23.5 Å². The van der Waals surface area contributed by atoms with Crippen LogP contribution in [0.5, 0.6) is 0 Å². The van der Waals surface area contributed by atoms with Crippen molar-refractivity contribution in [2.24, 2.45) is 0 Å². The number of aromatic nitrogens is 4. The highest BCUT2D eigenvalue weighted by Crippen LogP contribution is 2.33. The Labute approximate surface area is 167 Å². The van der Waals surface area contributed by atoms with Gasteiger partial charge in [-0.05, 0) is 25.3 Å². The number of hydrogen-bond acceptors (Lipinski definition) is 6. The zero-order valence-electron chi connectivity index (χ0n) is 16.3. The van der Waals surface area contributed by atoms with Gasteiger partial charge in [-0.25, -0.2) is 14.3 Å². The molecule has 1 aliphatic heterocycles. The Bertz CT molecular complexity index is 1070. The molecule has 0 spiro atoms. The zero-order chi connectivity index (χ0) is 20.8. The number of imidazole rings is 1. The third-order valence-electron chi connectivity index (χ3n) is 5.65. The molecule has 0 saturated heterocycles. The third-order valence-corrected chi connectivity index (χ3v) is 5.65. The average Bonchev–Trinajstić information content (AvgIpc) is 3.11. The number of carbonyl (C=O) groups is 1. The van der Waals surface area contributed by atoms with E-state index in [1.807, 2.05) is 22.8 Å². The number of carboxylic acids is 1. The molecule has 0 aliphatic carbocycles. The summed E-state index contributed by atoms with van der Waals surface area (Å²) in [5.41, 5.74) is -1.38. The van der Waals surface area contributed by atoms with Crippen molar-refractivity contribution in [3.63, 3.8) is 0 Å². The number of hydrogen-bond donors (Lipinski definition) is 4. The lowest BCUT2D eigenvalue weighted by molar-refractivity contribution is -0.807. The number of nitrogens with zero attached hydrogens (tertiary/aromatic N) is 4. The number of rotatable bonds is 5. The van der Waals surface area contributed by atoms with E-state index in [1.165, 1.54) is 30.3 Å². The van der Waals surface area contributed by atoms with Crippen LogP contribution in [-0.2, 0) is 23.5 Å². The van der Waals surface area contributed by atoms with E-state index in [4.69, 9.17) is 0 Å². The number of aliphatic hydroxyl groups is 2. The number of benzene rings is 1. The fraction of sp³-hybridized carbons (Fsp3) is 0.400. The minimum Gasteiger partial charge on any atom is -0.478 e. The number of nitrogens with one attached hydrogen (secondary N) is 1. The van der Waals surface area contributed by atoms with Crippen molar-refractivity contribution in [3.05, 3.63) is 48.5 Å². The van der Waals surface area contributed by atoms with Gasteiger partial charge in [0.25, 0.3) is 5.82 Å². The van der Waals surface area contributed by atoms with Gasteiger partial charge in [0.2, 0.25) is 23.2 Å². The summed E-state index contributed by atoms with van der Waals surface area (Å²) in [7, 11) is 0. The number of anilines is 1. The van der Waals surface area contributed by atoms with Crippen LogP contribution in [0.25, 0.3) is 11.2 Å². The van der Waals surface area contributed by atoms with Gasteiger partial charge in [-0.3, -0.25) is 5.32 Å². The highest BCUT2D eigenvalue weighted by molar-refractivity contribution is 5.88. The number of aliphatic carboxylic acids is 1. The van der Waals surface area contributed by atoms with Gasteiger partial charge in [0.1, 0.15) is 0 Å². The fourth-order valence-corrected chi connectivity index (χ4v) is 3.85. The van der Waals surface area contributed by atoms with Crippen LogP contribution in [0, 0.1) is 0 Å². The number of carboxylic acid groups (broad SMARTS) is 1. The summed E-state index contributed by atoms with van der Waals surface area (Å²) in [5, 5.41) is 33.9. The maximum atomic E-state index is 11.8. The van der Waals surface area contributed by atoms with Crippen molar-refractivity contribution in [2.75, 3.05) is 5.32 Å². The molecule has 9 nitrogen and oxygen atoms in total. The van der Waals surface area contributed by atoms with Crippen LogP contribution in [0.3, 0.4) is 0 Å². The molecule has 3 aromatic rings. The molecular weight excluding hydrogens is 374 g/mol. The van der Waals surface area contributed by atoms with Gasteiger partial charge < -0.3 is 19.9 Å². The molecule has 0 fully saturated rings. The van der Waals surface area contributed by atoms with Crippen LogP contribution in [0.1, 0.15) is 25.8 Å². The Morgan fingerprint density at radius 3 is 2.69 bits per heavy atom. The first-order valence-corrected chi connectivity index (χ1v) is 9.47. The van der Waals surface area contributed by atoms with Gasteiger partial charge in [0.05, 0.1) is 6.33 Å². The van der Waals surface area contributed by atoms with Crippen LogP contribution in [-0.4, -0.2) is 47.5 Å². The molecule has 29 heavy (non-hydrogen) atoms. The first kappa shape index (κ1) is 19.3. The van der Waals surface area contributed by atoms with Crippen LogP contribution in [0.4, 0.5) is 5.82 Å². The molecule has 9 heteroatoms. The summed E-state index contributed by atoms with van der Waals surface area (Å²) in [4.78, 5) is 20.6. The Balaban J connectivity index is 1.67. The van der Waals surface area contributed by atoms with Crippen molar-refractivity contribution in [3.8, 4) is 0 Å². The van der Waals surface area contributed by atoms with Crippen molar-refractivity contribution in [1.29, 1.82) is 0 Å². The monoisotopic (exact) mass is 398 g/mol. The summed E-state index contributed by atoms with van der Waals surface area (Å²) in [5.74, 6) is -0.971. The molecule has 4 rings (SSSR count). The van der Waals surface area contributed by atoms with Crippen LogP contribution in [0.15, 0.2) is 43.0 Å². The molecular formula is C20H24N5O4+. The van der Waals surface area contributed by atoms with E-state index >= 15 is 0 Å². The van der Waals surface area contributed by atoms with Crippen molar-refractivity contribution in [1.82, 2.24) is 14.5 Å². The molecule has 0 amide bonds. The summed E-state index contributed by atoms with van der Waals surface area (Å²) >= 11 is 0. The van der Waals surface area contributed by atoms with Gasteiger partial charge in [-0.1, -0.05) is 35.3 Å². The molecule has 1 aliphatic rings. The minimum absolute atomic E-state index is 0.303. The standard InChI is InChI=1S/C20H23N5O4/c1-19(18(27)28)17(26)20(2,29)25-12-22-15-14(16(25)23-19)21-11-24(15)10-6-9-13-7-4-3-5-8-13/h3-5,7-8,11-12,17,26,29H,6,9-10H2,1-2H3,(H,27,28)/p+1/t17-,19+,20-/m1/s1. The van der Waals surface area contributed by atoms with Crippen molar-refractivity contribution in [2.45, 2.75) is 50.6 Å². The predicted molar refractivity (Wildman–Crippen MR) is 104 cm³/mol. The zero-order valence-corrected chi connectivity index (χ0v) is 16.3. The Morgan fingerprint density at radius 1 is 1.28 bits per heavy atom. The van der Waals surface area contributed by atoms with E-state index in [2.05, 4.69) is 27.4 Å². The van der Waals surface area contributed by atoms with Gasteiger partial charge in [-0.15, -0.1) is 0 Å². The maximum Gasteiger partial charge on any atom is 0.346 e. The highest BCUT2D eigenvalue weighted by Gasteiger charge is 2.59. The second kappa shape index (κ2) is 6.78. The predicted octanol–water partition coefficient (Wildman–Crippen LogP) is 0.646. The van der Waals surface area contributed by atoms with Gasteiger partial charge in [-0.2, -0.15) is 0 Å². The summed E-state index contributed by atoms with van der Waals surface area (Å²) in [6, 6.07) is 10.2. The molecule has 2 aromatic heterocycles. The maximum absolute atomic E-state index is 11.8.